The average molecular weight is 105 g/mol. The van der Waals surface area contributed by atoms with Gasteiger partial charge in [-0.15, -0.1) is 5.06 Å². The van der Waals surface area contributed by atoms with Crippen molar-refractivity contribution in [3.05, 3.63) is 0 Å². The molecule has 1 unspecified atom stereocenters. The van der Waals surface area contributed by atoms with E-state index in [1.165, 1.54) is 0 Å². The molecule has 4 nitrogen and oxygen atoms in total. The number of hydrogen-bond acceptors (Lipinski definition) is 4. The van der Waals surface area contributed by atoms with Crippen LogP contribution in [0, 0.1) is 0 Å². The molecule has 0 amide bonds. The van der Waals surface area contributed by atoms with Crippen LogP contribution in [0.25, 0.3) is 0 Å². The molecule has 0 saturated carbocycles. The van der Waals surface area contributed by atoms with Gasteiger partial charge in [-0.25, -0.2) is 0 Å². The number of hydroxylamine groups is 2. The van der Waals surface area contributed by atoms with Crippen LogP contribution < -0.4 is 0 Å². The highest BCUT2D eigenvalue weighted by Crippen LogP contribution is 2.00. The Morgan fingerprint density at radius 1 is 1.71 bits per heavy atom. The Balaban J connectivity index is 2.33. The first-order valence-corrected chi connectivity index (χ1v) is 2.06. The number of rotatable bonds is 0. The van der Waals surface area contributed by atoms with Gasteiger partial charge in [-0.05, 0) is 0 Å². The van der Waals surface area contributed by atoms with Crippen LogP contribution in [-0.2, 0) is 4.74 Å². The molecule has 1 heterocycles. The highest BCUT2D eigenvalue weighted by atomic mass is 16.7. The summed E-state index contributed by atoms with van der Waals surface area (Å²) >= 11 is 0. The normalized spacial score (nSPS) is 34.3. The van der Waals surface area contributed by atoms with Gasteiger partial charge in [0.2, 0.25) is 6.41 Å². The van der Waals surface area contributed by atoms with Gasteiger partial charge >= 0.3 is 0 Å². The molecule has 0 aromatic rings. The standard InChI is InChI=1S/C3H7NO3/c5-3-4(6)1-2-7-3/h3,5-6H,1-2H2. The second-order valence-electron chi connectivity index (χ2n) is 1.36. The molecule has 0 aromatic carbocycles. The average Bonchev–Trinajstić information content (AvgIpc) is 1.91. The van der Waals surface area contributed by atoms with Crippen molar-refractivity contribution in [2.75, 3.05) is 13.2 Å². The molecule has 1 saturated heterocycles. The fourth-order valence-electron chi connectivity index (χ4n) is 0.448. The summed E-state index contributed by atoms with van der Waals surface area (Å²) in [5.74, 6) is 0. The third kappa shape index (κ3) is 0.889. The predicted molar refractivity (Wildman–Crippen MR) is 20.5 cm³/mol. The van der Waals surface area contributed by atoms with E-state index in [0.29, 0.717) is 13.2 Å². The first-order valence-electron chi connectivity index (χ1n) is 2.06. The lowest BCUT2D eigenvalue weighted by Gasteiger charge is -2.06. The molecular weight excluding hydrogens is 98.0 g/mol. The van der Waals surface area contributed by atoms with Crippen LogP contribution in [0.1, 0.15) is 0 Å². The predicted octanol–water partition coefficient (Wildman–Crippen LogP) is -1.02. The van der Waals surface area contributed by atoms with Crippen LogP contribution in [0.2, 0.25) is 0 Å². The van der Waals surface area contributed by atoms with E-state index in [1.54, 1.807) is 0 Å². The van der Waals surface area contributed by atoms with Gasteiger partial charge in [-0.2, -0.15) is 0 Å². The number of hydrogen-bond donors (Lipinski definition) is 2. The highest BCUT2D eigenvalue weighted by molar-refractivity contribution is 4.47. The Bertz CT molecular complexity index is 59.2. The summed E-state index contributed by atoms with van der Waals surface area (Å²) in [5.41, 5.74) is 0. The molecule has 0 bridgehead atoms. The van der Waals surface area contributed by atoms with Gasteiger partial charge in [0, 0.05) is 0 Å². The maximum absolute atomic E-state index is 8.46. The summed E-state index contributed by atoms with van der Waals surface area (Å²) in [7, 11) is 0. The van der Waals surface area contributed by atoms with E-state index in [-0.39, 0.29) is 0 Å². The summed E-state index contributed by atoms with van der Waals surface area (Å²) in [6.45, 7) is 0.791. The molecule has 1 rings (SSSR count). The van der Waals surface area contributed by atoms with Gasteiger partial charge in [0.15, 0.2) is 0 Å². The van der Waals surface area contributed by atoms with Gasteiger partial charge in [0.1, 0.15) is 0 Å². The molecule has 1 atom stereocenters. The van der Waals surface area contributed by atoms with E-state index in [1.807, 2.05) is 0 Å². The number of aliphatic hydroxyl groups is 1. The zero-order valence-corrected chi connectivity index (χ0v) is 3.74. The monoisotopic (exact) mass is 105 g/mol. The van der Waals surface area contributed by atoms with Crippen LogP contribution in [0.3, 0.4) is 0 Å². The Hall–Kier alpha value is -0.160. The SMILES string of the molecule is OC1OCCN1O. The van der Waals surface area contributed by atoms with Crippen molar-refractivity contribution < 1.29 is 15.1 Å². The van der Waals surface area contributed by atoms with Crippen LogP contribution in [0.5, 0.6) is 0 Å². The summed E-state index contributed by atoms with van der Waals surface area (Å²) < 4.78 is 4.50. The van der Waals surface area contributed by atoms with Gasteiger partial charge in [0.25, 0.3) is 0 Å². The number of ether oxygens (including phenoxy) is 1. The quantitative estimate of drug-likeness (QED) is 0.414. The van der Waals surface area contributed by atoms with E-state index in [0.717, 1.165) is 5.06 Å². The molecule has 4 heteroatoms. The fraction of sp³-hybridized carbons (Fsp3) is 1.00. The van der Waals surface area contributed by atoms with Crippen molar-refractivity contribution in [3.63, 3.8) is 0 Å². The van der Waals surface area contributed by atoms with Crippen molar-refractivity contribution in [3.8, 4) is 0 Å². The lowest BCUT2D eigenvalue weighted by Crippen LogP contribution is -2.25. The third-order valence-corrected chi connectivity index (χ3v) is 0.842. The van der Waals surface area contributed by atoms with Gasteiger partial charge in [-0.3, -0.25) is 0 Å². The lowest BCUT2D eigenvalue weighted by atomic mass is 10.7. The van der Waals surface area contributed by atoms with Crippen LogP contribution in [0.4, 0.5) is 0 Å². The van der Waals surface area contributed by atoms with E-state index >= 15 is 0 Å². The van der Waals surface area contributed by atoms with Gasteiger partial charge < -0.3 is 15.1 Å². The van der Waals surface area contributed by atoms with Crippen molar-refractivity contribution in [1.82, 2.24) is 5.06 Å². The van der Waals surface area contributed by atoms with E-state index in [4.69, 9.17) is 10.3 Å². The molecule has 42 valence electrons. The lowest BCUT2D eigenvalue weighted by molar-refractivity contribution is -0.245. The molecular formula is C3H7NO3. The summed E-state index contributed by atoms with van der Waals surface area (Å²) in [5, 5.41) is 17.6. The van der Waals surface area contributed by atoms with Gasteiger partial charge in [-0.1, -0.05) is 0 Å². The molecule has 0 aliphatic carbocycles. The Labute approximate surface area is 40.9 Å². The van der Waals surface area contributed by atoms with Crippen LogP contribution >= 0.6 is 0 Å². The Morgan fingerprint density at radius 3 is 2.57 bits per heavy atom. The zero-order valence-electron chi connectivity index (χ0n) is 3.74. The summed E-state index contributed by atoms with van der Waals surface area (Å²) in [4.78, 5) is 0. The first kappa shape index (κ1) is 4.99. The molecule has 0 radical (unpaired) electrons. The maximum Gasteiger partial charge on any atom is 0.238 e. The zero-order chi connectivity index (χ0) is 5.28. The van der Waals surface area contributed by atoms with Crippen molar-refractivity contribution in [1.29, 1.82) is 0 Å². The minimum absolute atomic E-state index is 0.390. The molecule has 1 aliphatic heterocycles. The summed E-state index contributed by atoms with van der Waals surface area (Å²) in [6, 6.07) is 0. The number of nitrogens with zero attached hydrogens (tertiary/aromatic N) is 1. The Kier molecular flexibility index (Phi) is 1.25. The largest absolute Gasteiger partial charge is 0.354 e. The minimum atomic E-state index is -1.10. The smallest absolute Gasteiger partial charge is 0.238 e. The fourth-order valence-corrected chi connectivity index (χ4v) is 0.448. The molecule has 7 heavy (non-hydrogen) atoms. The first-order chi connectivity index (χ1) is 3.30. The maximum atomic E-state index is 8.46. The van der Waals surface area contributed by atoms with Crippen molar-refractivity contribution in [2.45, 2.75) is 6.41 Å². The van der Waals surface area contributed by atoms with E-state index in [9.17, 15) is 0 Å². The second-order valence-corrected chi connectivity index (χ2v) is 1.36. The van der Waals surface area contributed by atoms with Crippen LogP contribution in [0.15, 0.2) is 0 Å². The van der Waals surface area contributed by atoms with E-state index < -0.39 is 6.41 Å². The van der Waals surface area contributed by atoms with Crippen molar-refractivity contribution in [2.24, 2.45) is 0 Å². The highest BCUT2D eigenvalue weighted by Gasteiger charge is 2.19. The van der Waals surface area contributed by atoms with Gasteiger partial charge in [0.05, 0.1) is 13.2 Å². The van der Waals surface area contributed by atoms with E-state index in [2.05, 4.69) is 4.74 Å². The molecule has 0 aromatic heterocycles. The second kappa shape index (κ2) is 1.75. The molecule has 2 N–H and O–H groups in total. The molecule has 1 aliphatic rings. The Morgan fingerprint density at radius 2 is 2.43 bits per heavy atom. The van der Waals surface area contributed by atoms with Crippen LogP contribution in [-0.4, -0.2) is 34.9 Å². The number of aliphatic hydroxyl groups excluding tert-OH is 1. The van der Waals surface area contributed by atoms with Crippen molar-refractivity contribution >= 4 is 0 Å². The minimum Gasteiger partial charge on any atom is -0.354 e. The molecule has 0 spiro atoms. The topological polar surface area (TPSA) is 52.9 Å². The third-order valence-electron chi connectivity index (χ3n) is 0.842. The molecule has 1 fully saturated rings. The summed E-state index contributed by atoms with van der Waals surface area (Å²) in [6.07, 6.45) is -1.10.